The van der Waals surface area contributed by atoms with Gasteiger partial charge in [-0.2, -0.15) is 0 Å². The maximum atomic E-state index is 11.9. The Bertz CT molecular complexity index is 577. The molecular formula is C14H15NO4. The summed E-state index contributed by atoms with van der Waals surface area (Å²) in [6.45, 7) is 1.70. The highest BCUT2D eigenvalue weighted by Gasteiger charge is 2.52. The van der Waals surface area contributed by atoms with Gasteiger partial charge in [0.1, 0.15) is 5.75 Å². The van der Waals surface area contributed by atoms with E-state index in [-0.39, 0.29) is 5.91 Å². The molecule has 100 valence electrons. The van der Waals surface area contributed by atoms with Crippen LogP contribution in [0, 0.1) is 0 Å². The van der Waals surface area contributed by atoms with E-state index >= 15 is 0 Å². The Hall–Kier alpha value is -2.04. The second-order valence-corrected chi connectivity index (χ2v) is 5.23. The molecule has 1 aliphatic heterocycles. The normalized spacial score (nSPS) is 23.6. The quantitative estimate of drug-likeness (QED) is 0.877. The number of fused-ring (bicyclic) bond motifs is 1. The Morgan fingerprint density at radius 2 is 2.16 bits per heavy atom. The van der Waals surface area contributed by atoms with Crippen LogP contribution in [0.4, 0.5) is 5.69 Å². The van der Waals surface area contributed by atoms with Gasteiger partial charge in [0.05, 0.1) is 11.1 Å². The summed E-state index contributed by atoms with van der Waals surface area (Å²) in [5.74, 6) is -0.295. The van der Waals surface area contributed by atoms with Crippen molar-refractivity contribution in [3.8, 4) is 5.75 Å². The Morgan fingerprint density at radius 1 is 1.47 bits per heavy atom. The lowest BCUT2D eigenvalue weighted by Gasteiger charge is -2.31. The second kappa shape index (κ2) is 3.73. The van der Waals surface area contributed by atoms with Crippen LogP contribution in [-0.4, -0.2) is 30.1 Å². The molecule has 1 heterocycles. The number of nitrogens with zero attached hydrogens (tertiary/aromatic N) is 1. The molecule has 1 unspecified atom stereocenters. The smallest absolute Gasteiger partial charge is 0.314 e. The predicted octanol–water partition coefficient (Wildman–Crippen LogP) is 1.55. The maximum absolute atomic E-state index is 11.9. The van der Waals surface area contributed by atoms with Crippen molar-refractivity contribution >= 4 is 17.6 Å². The Balaban J connectivity index is 2.05. The molecular weight excluding hydrogens is 246 g/mol. The lowest BCUT2D eigenvalue weighted by atomic mass is 9.95. The first kappa shape index (κ1) is 12.0. The minimum absolute atomic E-state index is 0.121. The van der Waals surface area contributed by atoms with Crippen LogP contribution in [0.1, 0.15) is 25.3 Å². The average Bonchev–Trinajstić information content (AvgIpc) is 3.17. The molecule has 1 atom stereocenters. The van der Waals surface area contributed by atoms with Gasteiger partial charge in [-0.1, -0.05) is 6.07 Å². The zero-order valence-electron chi connectivity index (χ0n) is 10.8. The molecule has 0 radical (unpaired) electrons. The Kier molecular flexibility index (Phi) is 2.36. The number of aliphatic carboxylic acids is 1. The average molecular weight is 261 g/mol. The number of amides is 1. The molecule has 1 aromatic rings. The standard InChI is InChI=1S/C14H15NO4/c1-8-12(16)15(2)10-7-9(3-4-11(10)19-8)14(5-6-14)13(17)18/h3-4,7-8H,5-6H2,1-2H3,(H,17,18). The van der Waals surface area contributed by atoms with Gasteiger partial charge in [0.2, 0.25) is 0 Å². The first-order valence-corrected chi connectivity index (χ1v) is 6.28. The van der Waals surface area contributed by atoms with Crippen LogP contribution in [-0.2, 0) is 15.0 Å². The molecule has 1 saturated carbocycles. The van der Waals surface area contributed by atoms with Crippen molar-refractivity contribution in [1.82, 2.24) is 0 Å². The third kappa shape index (κ3) is 1.61. The zero-order valence-corrected chi connectivity index (χ0v) is 10.8. The monoisotopic (exact) mass is 261 g/mol. The first-order valence-electron chi connectivity index (χ1n) is 6.28. The van der Waals surface area contributed by atoms with Gasteiger partial charge in [0.25, 0.3) is 5.91 Å². The molecule has 1 aliphatic carbocycles. The van der Waals surface area contributed by atoms with Crippen LogP contribution in [0.2, 0.25) is 0 Å². The fraction of sp³-hybridized carbons (Fsp3) is 0.429. The van der Waals surface area contributed by atoms with E-state index in [1.807, 2.05) is 0 Å². The van der Waals surface area contributed by atoms with Crippen LogP contribution in [0.15, 0.2) is 18.2 Å². The molecule has 1 amide bonds. The third-order valence-electron chi connectivity index (χ3n) is 4.01. The minimum atomic E-state index is -0.800. The Labute approximate surface area is 110 Å². The third-order valence-corrected chi connectivity index (χ3v) is 4.01. The summed E-state index contributed by atoms with van der Waals surface area (Å²) in [6, 6.07) is 5.31. The van der Waals surface area contributed by atoms with Crippen molar-refractivity contribution in [2.24, 2.45) is 0 Å². The SMILES string of the molecule is CC1Oc2ccc(C3(C(=O)O)CC3)cc2N(C)C1=O. The van der Waals surface area contributed by atoms with Crippen LogP contribution >= 0.6 is 0 Å². The van der Waals surface area contributed by atoms with Gasteiger partial charge >= 0.3 is 5.97 Å². The van der Waals surface area contributed by atoms with Crippen molar-refractivity contribution in [3.63, 3.8) is 0 Å². The fourth-order valence-electron chi connectivity index (χ4n) is 2.56. The van der Waals surface area contributed by atoms with E-state index in [9.17, 15) is 14.7 Å². The summed E-state index contributed by atoms with van der Waals surface area (Å²) in [6.07, 6.45) is 0.796. The van der Waals surface area contributed by atoms with Gasteiger partial charge in [0.15, 0.2) is 6.10 Å². The van der Waals surface area contributed by atoms with Crippen LogP contribution < -0.4 is 9.64 Å². The fourth-order valence-corrected chi connectivity index (χ4v) is 2.56. The number of carbonyl (C=O) groups is 2. The molecule has 5 nitrogen and oxygen atoms in total. The van der Waals surface area contributed by atoms with Crippen LogP contribution in [0.3, 0.4) is 0 Å². The number of hydrogen-bond donors (Lipinski definition) is 1. The summed E-state index contributed by atoms with van der Waals surface area (Å²) in [5.41, 5.74) is 0.631. The summed E-state index contributed by atoms with van der Waals surface area (Å²) < 4.78 is 5.52. The first-order chi connectivity index (χ1) is 8.95. The van der Waals surface area contributed by atoms with Gasteiger partial charge in [-0.3, -0.25) is 9.59 Å². The highest BCUT2D eigenvalue weighted by molar-refractivity contribution is 5.99. The molecule has 5 heteroatoms. The van der Waals surface area contributed by atoms with Gasteiger partial charge in [-0.15, -0.1) is 0 Å². The number of anilines is 1. The number of rotatable bonds is 2. The molecule has 1 aromatic carbocycles. The van der Waals surface area contributed by atoms with Crippen LogP contribution in [0.25, 0.3) is 0 Å². The lowest BCUT2D eigenvalue weighted by Crippen LogP contribution is -2.42. The van der Waals surface area contributed by atoms with Crippen molar-refractivity contribution in [2.45, 2.75) is 31.3 Å². The van der Waals surface area contributed by atoms with E-state index in [4.69, 9.17) is 4.74 Å². The molecule has 1 fully saturated rings. The molecule has 2 aliphatic rings. The molecule has 0 aromatic heterocycles. The van der Waals surface area contributed by atoms with E-state index in [0.717, 1.165) is 5.56 Å². The topological polar surface area (TPSA) is 66.8 Å². The number of carboxylic acids is 1. The summed E-state index contributed by atoms with van der Waals surface area (Å²) in [5, 5.41) is 9.31. The molecule has 0 saturated heterocycles. The summed E-state index contributed by atoms with van der Waals surface area (Å²) in [7, 11) is 1.68. The molecule has 1 N–H and O–H groups in total. The van der Waals surface area contributed by atoms with Crippen LogP contribution in [0.5, 0.6) is 5.75 Å². The number of carbonyl (C=O) groups excluding carboxylic acids is 1. The van der Waals surface area contributed by atoms with E-state index in [1.165, 1.54) is 4.90 Å². The number of carboxylic acid groups (broad SMARTS) is 1. The minimum Gasteiger partial charge on any atom is -0.481 e. The van der Waals surface area contributed by atoms with Gasteiger partial charge in [-0.05, 0) is 37.5 Å². The summed E-state index contributed by atoms with van der Waals surface area (Å²) in [4.78, 5) is 24.8. The zero-order chi connectivity index (χ0) is 13.8. The van der Waals surface area contributed by atoms with E-state index < -0.39 is 17.5 Å². The predicted molar refractivity (Wildman–Crippen MR) is 68.5 cm³/mol. The Morgan fingerprint density at radius 3 is 2.74 bits per heavy atom. The molecule has 19 heavy (non-hydrogen) atoms. The summed E-state index contributed by atoms with van der Waals surface area (Å²) >= 11 is 0. The van der Waals surface area contributed by atoms with Gasteiger partial charge in [-0.25, -0.2) is 0 Å². The highest BCUT2D eigenvalue weighted by Crippen LogP contribution is 2.50. The van der Waals surface area contributed by atoms with Gasteiger partial charge < -0.3 is 14.7 Å². The number of hydrogen-bond acceptors (Lipinski definition) is 3. The van der Waals surface area contributed by atoms with Crippen molar-refractivity contribution in [1.29, 1.82) is 0 Å². The van der Waals surface area contributed by atoms with E-state index in [2.05, 4.69) is 0 Å². The highest BCUT2D eigenvalue weighted by atomic mass is 16.5. The van der Waals surface area contributed by atoms with E-state index in [0.29, 0.717) is 24.3 Å². The largest absolute Gasteiger partial charge is 0.481 e. The molecule has 3 rings (SSSR count). The van der Waals surface area contributed by atoms with Crippen molar-refractivity contribution < 1.29 is 19.4 Å². The maximum Gasteiger partial charge on any atom is 0.314 e. The number of ether oxygens (including phenoxy) is 1. The van der Waals surface area contributed by atoms with E-state index in [1.54, 1.807) is 32.2 Å². The number of benzene rings is 1. The number of likely N-dealkylation sites (N-methyl/N-ethyl adjacent to an activating group) is 1. The van der Waals surface area contributed by atoms with Crippen molar-refractivity contribution in [3.05, 3.63) is 23.8 Å². The van der Waals surface area contributed by atoms with Crippen molar-refractivity contribution in [2.75, 3.05) is 11.9 Å². The van der Waals surface area contributed by atoms with Gasteiger partial charge in [0, 0.05) is 7.05 Å². The second-order valence-electron chi connectivity index (χ2n) is 5.23. The lowest BCUT2D eigenvalue weighted by molar-refractivity contribution is -0.140. The molecule has 0 spiro atoms. The molecule has 0 bridgehead atoms.